The van der Waals surface area contributed by atoms with Crippen LogP contribution in [-0.4, -0.2) is 36.7 Å². The van der Waals surface area contributed by atoms with E-state index in [1.807, 2.05) is 32.0 Å². The zero-order chi connectivity index (χ0) is 25.9. The predicted octanol–water partition coefficient (Wildman–Crippen LogP) is 7.84. The lowest BCUT2D eigenvalue weighted by Crippen LogP contribution is -2.51. The molecule has 9 heteroatoms. The Kier molecular flexibility index (Phi) is 8.29. The lowest BCUT2D eigenvalue weighted by molar-refractivity contribution is -0.232. The first kappa shape index (κ1) is 27.2. The summed E-state index contributed by atoms with van der Waals surface area (Å²) in [7, 11) is 0. The summed E-state index contributed by atoms with van der Waals surface area (Å²) in [4.78, 5) is 0.994. The standard InChI is InChI=1S/C26H31F6NO2/c1-18(2)19-8-6-10-21(14-19)35-22-11-7-9-20(15-22)33(16-23(34)25(27,28)29)17-24(26(30,31)32)12-4-3-5-13-24/h6-11,14-15,18,23,34H,3-5,12-13,16-17H2,1-2H3. The van der Waals surface area contributed by atoms with Gasteiger partial charge in [0.1, 0.15) is 11.5 Å². The molecule has 0 bridgehead atoms. The Morgan fingerprint density at radius 2 is 1.51 bits per heavy atom. The number of ether oxygens (including phenoxy) is 1. The molecule has 0 aliphatic heterocycles. The first-order chi connectivity index (χ1) is 16.3. The average Bonchev–Trinajstić information content (AvgIpc) is 2.78. The van der Waals surface area contributed by atoms with E-state index >= 15 is 0 Å². The van der Waals surface area contributed by atoms with Crippen LogP contribution in [0.3, 0.4) is 0 Å². The Hall–Kier alpha value is -2.42. The van der Waals surface area contributed by atoms with Crippen molar-refractivity contribution in [3.8, 4) is 11.5 Å². The molecule has 35 heavy (non-hydrogen) atoms. The van der Waals surface area contributed by atoms with E-state index in [2.05, 4.69) is 0 Å². The third kappa shape index (κ3) is 6.84. The summed E-state index contributed by atoms with van der Waals surface area (Å²) in [6.07, 6.45) is -11.3. The van der Waals surface area contributed by atoms with E-state index in [4.69, 9.17) is 4.74 Å². The number of benzene rings is 2. The molecule has 0 heterocycles. The molecule has 3 rings (SSSR count). The van der Waals surface area contributed by atoms with Crippen LogP contribution in [0, 0.1) is 5.41 Å². The molecule has 1 fully saturated rings. The maximum atomic E-state index is 14.2. The van der Waals surface area contributed by atoms with Gasteiger partial charge in [0, 0.05) is 18.3 Å². The minimum atomic E-state index is -4.96. The number of aliphatic hydroxyl groups excluding tert-OH is 1. The number of halogens is 6. The van der Waals surface area contributed by atoms with Crippen LogP contribution in [0.4, 0.5) is 32.0 Å². The monoisotopic (exact) mass is 503 g/mol. The Bertz CT molecular complexity index is 967. The normalized spacial score (nSPS) is 17.3. The summed E-state index contributed by atoms with van der Waals surface area (Å²) < 4.78 is 88.0. The van der Waals surface area contributed by atoms with Gasteiger partial charge in [-0.2, -0.15) is 26.3 Å². The Labute approximate surface area is 201 Å². The second-order valence-corrected chi connectivity index (χ2v) is 9.60. The second kappa shape index (κ2) is 10.7. The van der Waals surface area contributed by atoms with Gasteiger partial charge >= 0.3 is 12.4 Å². The highest BCUT2D eigenvalue weighted by molar-refractivity contribution is 5.52. The molecule has 0 saturated heterocycles. The van der Waals surface area contributed by atoms with Crippen LogP contribution in [0.2, 0.25) is 0 Å². The third-order valence-electron chi connectivity index (χ3n) is 6.62. The van der Waals surface area contributed by atoms with Crippen molar-refractivity contribution < 1.29 is 36.2 Å². The van der Waals surface area contributed by atoms with Crippen LogP contribution in [-0.2, 0) is 0 Å². The summed E-state index contributed by atoms with van der Waals surface area (Å²) in [5.74, 6) is 1.03. The quantitative estimate of drug-likeness (QED) is 0.373. The number of nitrogens with zero attached hydrogens (tertiary/aromatic N) is 1. The van der Waals surface area contributed by atoms with Gasteiger partial charge in [-0.25, -0.2) is 0 Å². The van der Waals surface area contributed by atoms with Crippen molar-refractivity contribution in [1.82, 2.24) is 0 Å². The predicted molar refractivity (Wildman–Crippen MR) is 123 cm³/mol. The highest BCUT2D eigenvalue weighted by Gasteiger charge is 2.55. The summed E-state index contributed by atoms with van der Waals surface area (Å²) >= 11 is 0. The molecule has 0 aromatic heterocycles. The lowest BCUT2D eigenvalue weighted by Gasteiger charge is -2.43. The van der Waals surface area contributed by atoms with Crippen molar-refractivity contribution in [2.45, 2.75) is 70.3 Å². The maximum Gasteiger partial charge on any atom is 0.416 e. The summed E-state index contributed by atoms with van der Waals surface area (Å²) in [6.45, 7) is 2.36. The number of anilines is 1. The van der Waals surface area contributed by atoms with Crippen LogP contribution in [0.1, 0.15) is 57.4 Å². The number of rotatable bonds is 8. The minimum Gasteiger partial charge on any atom is -0.457 e. The summed E-state index contributed by atoms with van der Waals surface area (Å²) in [5.41, 5.74) is -0.989. The van der Waals surface area contributed by atoms with E-state index < -0.39 is 37.0 Å². The van der Waals surface area contributed by atoms with Gasteiger partial charge in [0.25, 0.3) is 0 Å². The van der Waals surface area contributed by atoms with Crippen molar-refractivity contribution in [2.75, 3.05) is 18.0 Å². The zero-order valence-corrected chi connectivity index (χ0v) is 19.8. The highest BCUT2D eigenvalue weighted by Crippen LogP contribution is 2.50. The van der Waals surface area contributed by atoms with Gasteiger partial charge in [-0.15, -0.1) is 0 Å². The zero-order valence-electron chi connectivity index (χ0n) is 19.8. The molecule has 2 aromatic carbocycles. The van der Waals surface area contributed by atoms with Gasteiger partial charge < -0.3 is 14.7 Å². The molecule has 2 aromatic rings. The molecule has 1 saturated carbocycles. The number of alkyl halides is 6. The number of hydrogen-bond donors (Lipinski definition) is 1. The fraction of sp³-hybridized carbons (Fsp3) is 0.538. The van der Waals surface area contributed by atoms with Crippen molar-refractivity contribution >= 4 is 5.69 Å². The van der Waals surface area contributed by atoms with Crippen molar-refractivity contribution in [3.05, 3.63) is 54.1 Å². The van der Waals surface area contributed by atoms with Crippen LogP contribution >= 0.6 is 0 Å². The Morgan fingerprint density at radius 1 is 0.914 bits per heavy atom. The molecule has 1 aliphatic carbocycles. The van der Waals surface area contributed by atoms with Gasteiger partial charge in [-0.1, -0.05) is 51.3 Å². The summed E-state index contributed by atoms with van der Waals surface area (Å²) in [5, 5.41) is 9.74. The Balaban J connectivity index is 1.93. The van der Waals surface area contributed by atoms with E-state index in [1.165, 1.54) is 18.2 Å². The molecule has 1 atom stereocenters. The molecule has 1 N–H and O–H groups in total. The van der Waals surface area contributed by atoms with Gasteiger partial charge in [0.2, 0.25) is 0 Å². The van der Waals surface area contributed by atoms with E-state index in [0.717, 1.165) is 10.5 Å². The van der Waals surface area contributed by atoms with Gasteiger partial charge in [-0.3, -0.25) is 0 Å². The van der Waals surface area contributed by atoms with E-state index in [0.29, 0.717) is 25.0 Å². The van der Waals surface area contributed by atoms with E-state index in [9.17, 15) is 31.4 Å². The first-order valence-corrected chi connectivity index (χ1v) is 11.8. The van der Waals surface area contributed by atoms with Crippen molar-refractivity contribution in [1.29, 1.82) is 0 Å². The molecule has 3 nitrogen and oxygen atoms in total. The highest BCUT2D eigenvalue weighted by atomic mass is 19.4. The molecule has 0 spiro atoms. The molecule has 194 valence electrons. The van der Waals surface area contributed by atoms with Crippen LogP contribution < -0.4 is 9.64 Å². The molecule has 1 unspecified atom stereocenters. The molecule has 1 aliphatic rings. The average molecular weight is 504 g/mol. The van der Waals surface area contributed by atoms with Gasteiger partial charge in [0.05, 0.1) is 12.0 Å². The van der Waals surface area contributed by atoms with E-state index in [-0.39, 0.29) is 30.2 Å². The minimum absolute atomic E-state index is 0.125. The smallest absolute Gasteiger partial charge is 0.416 e. The summed E-state index contributed by atoms with van der Waals surface area (Å²) in [6, 6.07) is 13.3. The van der Waals surface area contributed by atoms with Gasteiger partial charge in [-0.05, 0) is 48.6 Å². The molecular weight excluding hydrogens is 472 g/mol. The van der Waals surface area contributed by atoms with Crippen molar-refractivity contribution in [2.24, 2.45) is 5.41 Å². The molecule has 0 amide bonds. The fourth-order valence-electron chi connectivity index (χ4n) is 4.52. The molecular formula is C26H31F6NO2. The van der Waals surface area contributed by atoms with Crippen LogP contribution in [0.5, 0.6) is 11.5 Å². The fourth-order valence-corrected chi connectivity index (χ4v) is 4.52. The largest absolute Gasteiger partial charge is 0.457 e. The topological polar surface area (TPSA) is 32.7 Å². The van der Waals surface area contributed by atoms with Gasteiger partial charge in [0.15, 0.2) is 6.10 Å². The third-order valence-corrected chi connectivity index (χ3v) is 6.62. The number of aliphatic hydroxyl groups is 1. The first-order valence-electron chi connectivity index (χ1n) is 11.8. The second-order valence-electron chi connectivity index (χ2n) is 9.60. The maximum absolute atomic E-state index is 14.2. The molecule has 0 radical (unpaired) electrons. The lowest BCUT2D eigenvalue weighted by atomic mass is 9.73. The van der Waals surface area contributed by atoms with Crippen molar-refractivity contribution in [3.63, 3.8) is 0 Å². The SMILES string of the molecule is CC(C)c1cccc(Oc2cccc(N(CC(O)C(F)(F)F)CC3(C(F)(F)F)CCCCC3)c2)c1. The van der Waals surface area contributed by atoms with E-state index in [1.54, 1.807) is 12.1 Å². The Morgan fingerprint density at radius 3 is 2.09 bits per heavy atom. The number of hydrogen-bond acceptors (Lipinski definition) is 3. The van der Waals surface area contributed by atoms with Crippen LogP contribution in [0.15, 0.2) is 48.5 Å². The van der Waals surface area contributed by atoms with Crippen LogP contribution in [0.25, 0.3) is 0 Å².